The molecule has 3 aromatic carbocycles. The monoisotopic (exact) mass is 496 g/mol. The van der Waals surface area contributed by atoms with Gasteiger partial charge in [0.1, 0.15) is 17.6 Å². The minimum absolute atomic E-state index is 0.0971. The standard InChI is InChI=1S/C24H21FN4O5S/c1-15(24-27-22(28-34-24)16-10-12-18(25)13-11-16)26-23(30)17-6-5-7-19(14-17)35(31,32)29-20-8-3-4-9-21(20)33-2/h3-15,29H,1-2H3,(H,26,30). The number of amides is 1. The van der Waals surface area contributed by atoms with Crippen LogP contribution in [0.4, 0.5) is 10.1 Å². The van der Waals surface area contributed by atoms with Gasteiger partial charge in [0.2, 0.25) is 11.7 Å². The molecule has 0 aliphatic heterocycles. The molecule has 0 aliphatic carbocycles. The molecular weight excluding hydrogens is 475 g/mol. The Kier molecular flexibility index (Phi) is 6.78. The number of nitrogens with zero attached hydrogens (tertiary/aromatic N) is 2. The van der Waals surface area contributed by atoms with Crippen LogP contribution in [0.15, 0.2) is 82.2 Å². The molecule has 4 rings (SSSR count). The molecule has 0 bridgehead atoms. The molecule has 1 unspecified atom stereocenters. The topological polar surface area (TPSA) is 123 Å². The molecule has 2 N–H and O–H groups in total. The van der Waals surface area contributed by atoms with Crippen LogP contribution < -0.4 is 14.8 Å². The second-order valence-corrected chi connectivity index (χ2v) is 9.17. The first-order valence-corrected chi connectivity index (χ1v) is 11.9. The van der Waals surface area contributed by atoms with Gasteiger partial charge in [-0.05, 0) is 61.5 Å². The Balaban J connectivity index is 1.48. The van der Waals surface area contributed by atoms with Gasteiger partial charge < -0.3 is 14.6 Å². The number of methoxy groups -OCH3 is 1. The molecule has 11 heteroatoms. The molecule has 9 nitrogen and oxygen atoms in total. The van der Waals surface area contributed by atoms with Gasteiger partial charge in [0.05, 0.1) is 17.7 Å². The van der Waals surface area contributed by atoms with Crippen molar-refractivity contribution in [1.82, 2.24) is 15.5 Å². The molecule has 1 amide bonds. The SMILES string of the molecule is COc1ccccc1NS(=O)(=O)c1cccc(C(=O)NC(C)c2nc(-c3ccc(F)cc3)no2)c1. The minimum Gasteiger partial charge on any atom is -0.495 e. The predicted octanol–water partition coefficient (Wildman–Crippen LogP) is 4.18. The summed E-state index contributed by atoms with van der Waals surface area (Å²) < 4.78 is 51.8. The largest absolute Gasteiger partial charge is 0.495 e. The highest BCUT2D eigenvalue weighted by Gasteiger charge is 2.21. The van der Waals surface area contributed by atoms with E-state index in [9.17, 15) is 17.6 Å². The number of sulfonamides is 1. The molecule has 0 saturated carbocycles. The lowest BCUT2D eigenvalue weighted by Crippen LogP contribution is -2.27. The fraction of sp³-hybridized carbons (Fsp3) is 0.125. The average Bonchev–Trinajstić information content (AvgIpc) is 3.35. The molecule has 180 valence electrons. The number of anilines is 1. The van der Waals surface area contributed by atoms with E-state index in [2.05, 4.69) is 20.2 Å². The smallest absolute Gasteiger partial charge is 0.262 e. The van der Waals surface area contributed by atoms with Crippen molar-refractivity contribution >= 4 is 21.6 Å². The predicted molar refractivity (Wildman–Crippen MR) is 126 cm³/mol. The van der Waals surface area contributed by atoms with Crippen molar-refractivity contribution in [1.29, 1.82) is 0 Å². The normalized spacial score (nSPS) is 12.1. The Hall–Kier alpha value is -4.25. The molecule has 4 aromatic rings. The number of ether oxygens (including phenoxy) is 1. The molecule has 1 heterocycles. The van der Waals surface area contributed by atoms with Crippen molar-refractivity contribution in [3.63, 3.8) is 0 Å². The molecule has 0 fully saturated rings. The molecule has 1 atom stereocenters. The third kappa shape index (κ3) is 5.46. The zero-order chi connectivity index (χ0) is 25.0. The number of carbonyl (C=O) groups excluding carboxylic acids is 1. The van der Waals surface area contributed by atoms with E-state index >= 15 is 0 Å². The minimum atomic E-state index is -3.99. The van der Waals surface area contributed by atoms with Crippen LogP contribution in [0.3, 0.4) is 0 Å². The van der Waals surface area contributed by atoms with Crippen molar-refractivity contribution < 1.29 is 26.9 Å². The zero-order valence-electron chi connectivity index (χ0n) is 18.7. The van der Waals surface area contributed by atoms with E-state index in [4.69, 9.17) is 9.26 Å². The van der Waals surface area contributed by atoms with E-state index in [1.165, 1.54) is 55.6 Å². The summed E-state index contributed by atoms with van der Waals surface area (Å²) in [5, 5.41) is 6.56. The van der Waals surface area contributed by atoms with E-state index in [1.54, 1.807) is 31.2 Å². The Bertz CT molecular complexity index is 1450. The summed E-state index contributed by atoms with van der Waals surface area (Å²) in [6, 6.07) is 17.1. The number of benzene rings is 3. The van der Waals surface area contributed by atoms with Gasteiger partial charge in [-0.2, -0.15) is 4.98 Å². The molecule has 0 radical (unpaired) electrons. The van der Waals surface area contributed by atoms with Crippen LogP contribution in [0.25, 0.3) is 11.4 Å². The number of halogens is 1. The van der Waals surface area contributed by atoms with Gasteiger partial charge in [-0.1, -0.05) is 23.4 Å². The summed E-state index contributed by atoms with van der Waals surface area (Å²) in [5.74, 6) is -0.178. The third-order valence-corrected chi connectivity index (χ3v) is 6.38. The van der Waals surface area contributed by atoms with Crippen LogP contribution in [0, 0.1) is 5.82 Å². The average molecular weight is 497 g/mol. The van der Waals surface area contributed by atoms with Crippen LogP contribution in [-0.4, -0.2) is 31.6 Å². The molecule has 0 aliphatic rings. The van der Waals surface area contributed by atoms with Gasteiger partial charge in [-0.25, -0.2) is 12.8 Å². The zero-order valence-corrected chi connectivity index (χ0v) is 19.5. The number of nitrogens with one attached hydrogen (secondary N) is 2. The first kappa shape index (κ1) is 23.9. The summed E-state index contributed by atoms with van der Waals surface area (Å²) in [4.78, 5) is 16.9. The fourth-order valence-electron chi connectivity index (χ4n) is 3.21. The number of hydrogen-bond donors (Lipinski definition) is 2. The summed E-state index contributed by atoms with van der Waals surface area (Å²) >= 11 is 0. The second-order valence-electron chi connectivity index (χ2n) is 7.49. The number of carbonyl (C=O) groups is 1. The van der Waals surface area contributed by atoms with E-state index in [1.807, 2.05) is 0 Å². The maximum atomic E-state index is 13.1. The van der Waals surface area contributed by atoms with Crippen LogP contribution in [0.2, 0.25) is 0 Å². The highest BCUT2D eigenvalue weighted by molar-refractivity contribution is 7.92. The van der Waals surface area contributed by atoms with Crippen LogP contribution in [0.5, 0.6) is 5.75 Å². The van der Waals surface area contributed by atoms with E-state index in [0.29, 0.717) is 11.3 Å². The summed E-state index contributed by atoms with van der Waals surface area (Å²) in [6.07, 6.45) is 0. The lowest BCUT2D eigenvalue weighted by atomic mass is 10.2. The quantitative estimate of drug-likeness (QED) is 0.375. The second kappa shape index (κ2) is 9.94. The Morgan fingerprint density at radius 2 is 1.80 bits per heavy atom. The van der Waals surface area contributed by atoms with Crippen LogP contribution in [0.1, 0.15) is 29.2 Å². The van der Waals surface area contributed by atoms with Gasteiger partial charge in [0, 0.05) is 11.1 Å². The molecular formula is C24H21FN4O5S. The Morgan fingerprint density at radius 3 is 2.54 bits per heavy atom. The number of rotatable bonds is 8. The molecule has 0 saturated heterocycles. The number of hydrogen-bond acceptors (Lipinski definition) is 7. The van der Waals surface area contributed by atoms with Crippen LogP contribution in [-0.2, 0) is 10.0 Å². The van der Waals surface area contributed by atoms with Gasteiger partial charge in [0.25, 0.3) is 15.9 Å². The Morgan fingerprint density at radius 1 is 1.06 bits per heavy atom. The number of para-hydroxylation sites is 2. The highest BCUT2D eigenvalue weighted by atomic mass is 32.2. The molecule has 0 spiro atoms. The lowest BCUT2D eigenvalue weighted by molar-refractivity contribution is 0.0932. The van der Waals surface area contributed by atoms with E-state index in [-0.39, 0.29) is 33.7 Å². The van der Waals surface area contributed by atoms with Crippen molar-refractivity contribution in [2.24, 2.45) is 0 Å². The first-order chi connectivity index (χ1) is 16.8. The van der Waals surface area contributed by atoms with E-state index < -0.39 is 22.0 Å². The van der Waals surface area contributed by atoms with Gasteiger partial charge in [-0.15, -0.1) is 0 Å². The fourth-order valence-corrected chi connectivity index (χ4v) is 4.32. The van der Waals surface area contributed by atoms with Crippen molar-refractivity contribution in [2.45, 2.75) is 17.9 Å². The van der Waals surface area contributed by atoms with Gasteiger partial charge >= 0.3 is 0 Å². The molecule has 1 aromatic heterocycles. The van der Waals surface area contributed by atoms with E-state index in [0.717, 1.165) is 0 Å². The van der Waals surface area contributed by atoms with Crippen molar-refractivity contribution in [3.05, 3.63) is 90.1 Å². The van der Waals surface area contributed by atoms with Gasteiger partial charge in [0.15, 0.2) is 0 Å². The maximum Gasteiger partial charge on any atom is 0.262 e. The highest BCUT2D eigenvalue weighted by Crippen LogP contribution is 2.26. The first-order valence-electron chi connectivity index (χ1n) is 10.4. The lowest BCUT2D eigenvalue weighted by Gasteiger charge is -2.13. The number of aromatic nitrogens is 2. The van der Waals surface area contributed by atoms with Gasteiger partial charge in [-0.3, -0.25) is 9.52 Å². The summed E-state index contributed by atoms with van der Waals surface area (Å²) in [7, 11) is -2.55. The van der Waals surface area contributed by atoms with Crippen LogP contribution >= 0.6 is 0 Å². The van der Waals surface area contributed by atoms with Crippen molar-refractivity contribution in [2.75, 3.05) is 11.8 Å². The Labute approximate surface area is 201 Å². The summed E-state index contributed by atoms with van der Waals surface area (Å²) in [5.41, 5.74) is 0.949. The summed E-state index contributed by atoms with van der Waals surface area (Å²) in [6.45, 7) is 1.64. The van der Waals surface area contributed by atoms with Crippen molar-refractivity contribution in [3.8, 4) is 17.1 Å². The molecule has 35 heavy (non-hydrogen) atoms. The maximum absolute atomic E-state index is 13.1. The third-order valence-electron chi connectivity index (χ3n) is 5.02.